The summed E-state index contributed by atoms with van der Waals surface area (Å²) < 4.78 is 5.77. The first-order chi connectivity index (χ1) is 9.15. The molecule has 0 aliphatic rings. The Morgan fingerprint density at radius 1 is 1.37 bits per heavy atom. The highest BCUT2D eigenvalue weighted by Gasteiger charge is 2.18. The number of nitrogens with two attached hydrogens (primary N) is 1. The molecule has 1 aromatic carbocycles. The van der Waals surface area contributed by atoms with E-state index in [4.69, 9.17) is 10.2 Å². The van der Waals surface area contributed by atoms with E-state index < -0.39 is 0 Å². The summed E-state index contributed by atoms with van der Waals surface area (Å²) >= 11 is 1.73. The molecule has 19 heavy (non-hydrogen) atoms. The first-order valence-corrected chi connectivity index (χ1v) is 6.95. The molecule has 0 amide bonds. The number of aromatic nitrogens is 1. The van der Waals surface area contributed by atoms with Crippen molar-refractivity contribution in [2.24, 2.45) is 0 Å². The van der Waals surface area contributed by atoms with Gasteiger partial charge in [-0.1, -0.05) is 6.07 Å². The Balaban J connectivity index is 1.95. The van der Waals surface area contributed by atoms with Gasteiger partial charge < -0.3 is 15.1 Å². The summed E-state index contributed by atoms with van der Waals surface area (Å²) in [4.78, 5) is 7.80. The van der Waals surface area contributed by atoms with Crippen LogP contribution in [0.3, 0.4) is 0 Å². The van der Waals surface area contributed by atoms with E-state index in [1.807, 2.05) is 30.1 Å². The molecule has 1 atom stereocenters. The minimum absolute atomic E-state index is 0.227. The summed E-state index contributed by atoms with van der Waals surface area (Å²) in [5.41, 5.74) is 8.00. The summed E-state index contributed by atoms with van der Waals surface area (Å²) in [6.45, 7) is 2.13. The number of hydrogen-bond acceptors (Lipinski definition) is 5. The lowest BCUT2D eigenvalue weighted by molar-refractivity contribution is 0.559. The zero-order valence-corrected chi connectivity index (χ0v) is 11.6. The highest BCUT2D eigenvalue weighted by Crippen LogP contribution is 2.30. The van der Waals surface area contributed by atoms with Crippen LogP contribution in [-0.2, 0) is 0 Å². The average molecular weight is 273 g/mol. The molecule has 0 aliphatic heterocycles. The van der Waals surface area contributed by atoms with Crippen molar-refractivity contribution in [1.29, 1.82) is 0 Å². The third-order valence-corrected chi connectivity index (χ3v) is 4.28. The van der Waals surface area contributed by atoms with Crippen molar-refractivity contribution in [2.75, 3.05) is 17.7 Å². The molecule has 0 aliphatic carbocycles. The van der Waals surface area contributed by atoms with E-state index in [0.717, 1.165) is 11.1 Å². The minimum Gasteiger partial charge on any atom is -0.423 e. The lowest BCUT2D eigenvalue weighted by Crippen LogP contribution is -2.20. The summed E-state index contributed by atoms with van der Waals surface area (Å²) in [7, 11) is 1.98. The van der Waals surface area contributed by atoms with Gasteiger partial charge in [0.25, 0.3) is 6.01 Å². The van der Waals surface area contributed by atoms with Gasteiger partial charge in [0.1, 0.15) is 5.52 Å². The van der Waals surface area contributed by atoms with E-state index in [9.17, 15) is 0 Å². The Labute approximate surface area is 115 Å². The van der Waals surface area contributed by atoms with Gasteiger partial charge in [-0.15, -0.1) is 11.3 Å². The Kier molecular flexibility index (Phi) is 2.91. The molecule has 0 radical (unpaired) electrons. The maximum atomic E-state index is 5.77. The van der Waals surface area contributed by atoms with Crippen LogP contribution in [0.2, 0.25) is 0 Å². The number of anilines is 2. The number of thiophene rings is 1. The highest BCUT2D eigenvalue weighted by atomic mass is 32.1. The van der Waals surface area contributed by atoms with Crippen molar-refractivity contribution in [3.63, 3.8) is 0 Å². The summed E-state index contributed by atoms with van der Waals surface area (Å²) in [6.07, 6.45) is 0. The molecule has 0 bridgehead atoms. The van der Waals surface area contributed by atoms with E-state index in [1.165, 1.54) is 4.88 Å². The van der Waals surface area contributed by atoms with Crippen LogP contribution in [-0.4, -0.2) is 12.0 Å². The van der Waals surface area contributed by atoms with Gasteiger partial charge in [-0.3, -0.25) is 0 Å². The predicted octanol–water partition coefficient (Wildman–Crippen LogP) is 3.67. The van der Waals surface area contributed by atoms with Gasteiger partial charge in [-0.2, -0.15) is 4.98 Å². The minimum atomic E-state index is 0.227. The largest absolute Gasteiger partial charge is 0.423 e. The van der Waals surface area contributed by atoms with Gasteiger partial charge in [-0.25, -0.2) is 0 Å². The van der Waals surface area contributed by atoms with Gasteiger partial charge >= 0.3 is 0 Å². The predicted molar refractivity (Wildman–Crippen MR) is 79.6 cm³/mol. The number of benzene rings is 1. The maximum Gasteiger partial charge on any atom is 0.298 e. The molecule has 2 N–H and O–H groups in total. The van der Waals surface area contributed by atoms with Crippen LogP contribution < -0.4 is 10.6 Å². The molecular formula is C14H15N3OS. The topological polar surface area (TPSA) is 55.3 Å². The Bertz CT molecular complexity index is 690. The Morgan fingerprint density at radius 2 is 2.21 bits per heavy atom. The van der Waals surface area contributed by atoms with Crippen molar-refractivity contribution in [3.8, 4) is 0 Å². The van der Waals surface area contributed by atoms with Crippen LogP contribution in [0.5, 0.6) is 0 Å². The van der Waals surface area contributed by atoms with Gasteiger partial charge in [0.2, 0.25) is 0 Å². The second-order valence-corrected chi connectivity index (χ2v) is 5.51. The van der Waals surface area contributed by atoms with E-state index in [2.05, 4.69) is 29.4 Å². The lowest BCUT2D eigenvalue weighted by Gasteiger charge is -2.21. The van der Waals surface area contributed by atoms with E-state index in [-0.39, 0.29) is 6.04 Å². The molecule has 0 spiro atoms. The Hall–Kier alpha value is -2.01. The number of oxazole rings is 1. The first kappa shape index (κ1) is 12.0. The molecule has 0 saturated heterocycles. The van der Waals surface area contributed by atoms with Crippen LogP contribution in [0.1, 0.15) is 17.8 Å². The molecule has 0 saturated carbocycles. The lowest BCUT2D eigenvalue weighted by atomic mass is 10.2. The number of fused-ring (bicyclic) bond motifs is 1. The van der Waals surface area contributed by atoms with Gasteiger partial charge in [-0.05, 0) is 36.6 Å². The summed E-state index contributed by atoms with van der Waals surface area (Å²) in [6, 6.07) is 10.5. The van der Waals surface area contributed by atoms with E-state index >= 15 is 0 Å². The number of rotatable bonds is 3. The third kappa shape index (κ3) is 2.17. The molecule has 2 heterocycles. The molecule has 1 unspecified atom stereocenters. The molecule has 2 aromatic heterocycles. The van der Waals surface area contributed by atoms with Crippen molar-refractivity contribution in [1.82, 2.24) is 4.98 Å². The molecular weight excluding hydrogens is 258 g/mol. The maximum absolute atomic E-state index is 5.77. The van der Waals surface area contributed by atoms with Crippen LogP contribution in [0.15, 0.2) is 40.1 Å². The number of nitrogen functional groups attached to an aromatic ring is 1. The van der Waals surface area contributed by atoms with Gasteiger partial charge in [0.05, 0.1) is 6.04 Å². The number of hydrogen-bond donors (Lipinski definition) is 1. The second kappa shape index (κ2) is 4.59. The zero-order valence-electron chi connectivity index (χ0n) is 10.8. The quantitative estimate of drug-likeness (QED) is 0.740. The van der Waals surface area contributed by atoms with Crippen LogP contribution in [0.4, 0.5) is 11.7 Å². The van der Waals surface area contributed by atoms with E-state index in [0.29, 0.717) is 11.7 Å². The van der Waals surface area contributed by atoms with Crippen molar-refractivity contribution in [2.45, 2.75) is 13.0 Å². The molecule has 5 heteroatoms. The van der Waals surface area contributed by atoms with Crippen molar-refractivity contribution < 1.29 is 4.42 Å². The number of nitrogens with zero attached hydrogens (tertiary/aromatic N) is 2. The highest BCUT2D eigenvalue weighted by molar-refractivity contribution is 7.10. The second-order valence-electron chi connectivity index (χ2n) is 4.53. The van der Waals surface area contributed by atoms with Gasteiger partial charge in [0, 0.05) is 17.6 Å². The SMILES string of the molecule is CC(c1cccs1)N(C)c1nc2cc(N)ccc2o1. The summed E-state index contributed by atoms with van der Waals surface area (Å²) in [5, 5.41) is 2.08. The molecule has 4 nitrogen and oxygen atoms in total. The standard InChI is InChI=1S/C14H15N3OS/c1-9(13-4-3-7-19-13)17(2)14-16-11-8-10(15)5-6-12(11)18-14/h3-9H,15H2,1-2H3. The molecule has 0 fully saturated rings. The van der Waals surface area contributed by atoms with Gasteiger partial charge in [0.15, 0.2) is 5.58 Å². The Morgan fingerprint density at radius 3 is 2.95 bits per heavy atom. The smallest absolute Gasteiger partial charge is 0.298 e. The van der Waals surface area contributed by atoms with Crippen molar-refractivity contribution in [3.05, 3.63) is 40.6 Å². The normalized spacial score (nSPS) is 12.7. The van der Waals surface area contributed by atoms with E-state index in [1.54, 1.807) is 11.3 Å². The third-order valence-electron chi connectivity index (χ3n) is 3.24. The fraction of sp³-hybridized carbons (Fsp3) is 0.214. The monoisotopic (exact) mass is 273 g/mol. The zero-order chi connectivity index (χ0) is 13.4. The van der Waals surface area contributed by atoms with Crippen LogP contribution in [0, 0.1) is 0 Å². The average Bonchev–Trinajstić information content (AvgIpc) is 3.05. The summed E-state index contributed by atoms with van der Waals surface area (Å²) in [5.74, 6) is 0. The fourth-order valence-corrected chi connectivity index (χ4v) is 2.80. The fourth-order valence-electron chi connectivity index (χ4n) is 1.97. The van der Waals surface area contributed by atoms with Crippen molar-refractivity contribution >= 4 is 34.1 Å². The molecule has 98 valence electrons. The first-order valence-electron chi connectivity index (χ1n) is 6.07. The van der Waals surface area contributed by atoms with Crippen LogP contribution >= 0.6 is 11.3 Å². The van der Waals surface area contributed by atoms with Crippen LogP contribution in [0.25, 0.3) is 11.1 Å². The molecule has 3 aromatic rings. The molecule has 3 rings (SSSR count).